The summed E-state index contributed by atoms with van der Waals surface area (Å²) < 4.78 is 28.0. The van der Waals surface area contributed by atoms with Crippen molar-refractivity contribution < 1.29 is 13.2 Å². The topological polar surface area (TPSA) is 66.5 Å². The molecule has 1 N–H and O–H groups in total. The summed E-state index contributed by atoms with van der Waals surface area (Å²) in [5, 5.41) is 4.48. The molecule has 0 bridgehead atoms. The van der Waals surface area contributed by atoms with Crippen LogP contribution in [0.25, 0.3) is 0 Å². The lowest BCUT2D eigenvalue weighted by Crippen LogP contribution is -2.36. The SMILES string of the molecule is CSc1cccc(NC(=O)c2sccc2S(=O)(=O)N2CCc3ccccc3C2)c1. The van der Waals surface area contributed by atoms with Crippen LogP contribution in [0.2, 0.25) is 0 Å². The molecule has 1 amide bonds. The maximum Gasteiger partial charge on any atom is 0.267 e. The number of hydrogen-bond donors (Lipinski definition) is 1. The van der Waals surface area contributed by atoms with Crippen molar-refractivity contribution >= 4 is 44.7 Å². The van der Waals surface area contributed by atoms with E-state index < -0.39 is 15.9 Å². The Kier molecular flexibility index (Phi) is 5.78. The van der Waals surface area contributed by atoms with Crippen molar-refractivity contribution in [3.8, 4) is 0 Å². The Morgan fingerprint density at radius 1 is 1.10 bits per heavy atom. The number of carbonyl (C=O) groups is 1. The fraction of sp³-hybridized carbons (Fsp3) is 0.190. The molecule has 1 aliphatic rings. The number of thioether (sulfide) groups is 1. The van der Waals surface area contributed by atoms with Crippen molar-refractivity contribution in [3.05, 3.63) is 76.0 Å². The number of thiophene rings is 1. The summed E-state index contributed by atoms with van der Waals surface area (Å²) >= 11 is 2.72. The molecule has 5 nitrogen and oxygen atoms in total. The predicted octanol–water partition coefficient (Wildman–Crippen LogP) is 4.47. The van der Waals surface area contributed by atoms with Crippen LogP contribution in [0.3, 0.4) is 0 Å². The molecule has 4 rings (SSSR count). The molecule has 0 aliphatic carbocycles. The van der Waals surface area contributed by atoms with Gasteiger partial charge in [0.25, 0.3) is 5.91 Å². The van der Waals surface area contributed by atoms with Crippen molar-refractivity contribution in [1.29, 1.82) is 0 Å². The largest absolute Gasteiger partial charge is 0.321 e. The standard InChI is InChI=1S/C21H20N2O3S3/c1-27-18-8-4-7-17(13-18)22-21(24)20-19(10-12-28-20)29(25,26)23-11-9-15-5-2-3-6-16(15)14-23/h2-8,10,12-13H,9,11,14H2,1H3,(H,22,24). The summed E-state index contributed by atoms with van der Waals surface area (Å²) in [5.41, 5.74) is 2.83. The average molecular weight is 445 g/mol. The highest BCUT2D eigenvalue weighted by Crippen LogP contribution is 2.30. The second-order valence-corrected chi connectivity index (χ2v) is 10.4. The van der Waals surface area contributed by atoms with Crippen molar-refractivity contribution in [1.82, 2.24) is 4.31 Å². The van der Waals surface area contributed by atoms with Crippen molar-refractivity contribution in [2.75, 3.05) is 18.1 Å². The normalized spacial score (nSPS) is 14.4. The number of carbonyl (C=O) groups excluding carboxylic acids is 1. The molecule has 0 saturated carbocycles. The first-order valence-electron chi connectivity index (χ1n) is 9.09. The van der Waals surface area contributed by atoms with Crippen LogP contribution in [-0.4, -0.2) is 31.4 Å². The molecular formula is C21H20N2O3S3. The van der Waals surface area contributed by atoms with Gasteiger partial charge >= 0.3 is 0 Å². The first-order valence-corrected chi connectivity index (χ1v) is 12.6. The number of amides is 1. The second kappa shape index (κ2) is 8.31. The molecule has 0 atom stereocenters. The van der Waals surface area contributed by atoms with Crippen LogP contribution in [0.1, 0.15) is 20.8 Å². The Morgan fingerprint density at radius 3 is 2.69 bits per heavy atom. The third-order valence-corrected chi connectivity index (χ3v) is 8.53. The summed E-state index contributed by atoms with van der Waals surface area (Å²) in [4.78, 5) is 14.1. The smallest absolute Gasteiger partial charge is 0.267 e. The van der Waals surface area contributed by atoms with Crippen LogP contribution < -0.4 is 5.32 Å². The minimum Gasteiger partial charge on any atom is -0.321 e. The quantitative estimate of drug-likeness (QED) is 0.590. The van der Waals surface area contributed by atoms with E-state index in [2.05, 4.69) is 5.32 Å². The van der Waals surface area contributed by atoms with Crippen LogP contribution in [0.5, 0.6) is 0 Å². The van der Waals surface area contributed by atoms with Gasteiger partial charge in [-0.05, 0) is 53.4 Å². The summed E-state index contributed by atoms with van der Waals surface area (Å²) in [7, 11) is -3.76. The fourth-order valence-corrected chi connectivity index (χ4v) is 6.54. The number of rotatable bonds is 5. The maximum absolute atomic E-state index is 13.3. The minimum atomic E-state index is -3.76. The van der Waals surface area contributed by atoms with E-state index in [-0.39, 0.29) is 9.77 Å². The molecule has 1 aromatic heterocycles. The number of anilines is 1. The van der Waals surface area contributed by atoms with Gasteiger partial charge in [-0.25, -0.2) is 8.42 Å². The van der Waals surface area contributed by atoms with E-state index in [4.69, 9.17) is 0 Å². The number of nitrogens with zero attached hydrogens (tertiary/aromatic N) is 1. The summed E-state index contributed by atoms with van der Waals surface area (Å²) in [5.74, 6) is -0.408. The lowest BCUT2D eigenvalue weighted by Gasteiger charge is -2.28. The zero-order valence-corrected chi connectivity index (χ0v) is 18.2. The van der Waals surface area contributed by atoms with Gasteiger partial charge in [-0.15, -0.1) is 23.1 Å². The van der Waals surface area contributed by atoms with E-state index in [1.165, 1.54) is 15.9 Å². The summed E-state index contributed by atoms with van der Waals surface area (Å²) in [6.07, 6.45) is 2.63. The third-order valence-electron chi connectivity index (χ3n) is 4.88. The highest BCUT2D eigenvalue weighted by Gasteiger charge is 2.32. The van der Waals surface area contributed by atoms with E-state index >= 15 is 0 Å². The molecule has 150 valence electrons. The maximum atomic E-state index is 13.3. The molecule has 8 heteroatoms. The number of benzene rings is 2. The Hall–Kier alpha value is -2.13. The zero-order valence-electron chi connectivity index (χ0n) is 15.8. The first-order chi connectivity index (χ1) is 14.0. The highest BCUT2D eigenvalue weighted by molar-refractivity contribution is 7.98. The van der Waals surface area contributed by atoms with Gasteiger partial charge < -0.3 is 5.32 Å². The Morgan fingerprint density at radius 2 is 1.90 bits per heavy atom. The first kappa shape index (κ1) is 20.2. The van der Waals surface area contributed by atoms with E-state index in [0.29, 0.717) is 25.2 Å². The average Bonchev–Trinajstić information content (AvgIpc) is 3.24. The van der Waals surface area contributed by atoms with Gasteiger partial charge in [-0.3, -0.25) is 4.79 Å². The van der Waals surface area contributed by atoms with Crippen molar-refractivity contribution in [3.63, 3.8) is 0 Å². The Bertz CT molecular complexity index is 1160. The number of nitrogens with one attached hydrogen (secondary N) is 1. The molecule has 0 unspecified atom stereocenters. The molecule has 0 spiro atoms. The van der Waals surface area contributed by atoms with Crippen molar-refractivity contribution in [2.24, 2.45) is 0 Å². The third kappa shape index (κ3) is 4.11. The van der Waals surface area contributed by atoms with Crippen molar-refractivity contribution in [2.45, 2.75) is 22.8 Å². The van der Waals surface area contributed by atoms with E-state index in [1.807, 2.05) is 48.7 Å². The lowest BCUT2D eigenvalue weighted by atomic mass is 10.0. The van der Waals surface area contributed by atoms with E-state index in [1.54, 1.807) is 23.2 Å². The van der Waals surface area contributed by atoms with Crippen LogP contribution in [0.4, 0.5) is 5.69 Å². The number of sulfonamides is 1. The molecule has 29 heavy (non-hydrogen) atoms. The van der Waals surface area contributed by atoms with Crippen LogP contribution in [0.15, 0.2) is 69.8 Å². The van der Waals surface area contributed by atoms with E-state index in [0.717, 1.165) is 21.8 Å². The zero-order chi connectivity index (χ0) is 20.4. The summed E-state index contributed by atoms with van der Waals surface area (Å²) in [6, 6.07) is 16.9. The molecule has 3 aromatic rings. The molecule has 2 heterocycles. The molecular weight excluding hydrogens is 424 g/mol. The van der Waals surface area contributed by atoms with Gasteiger partial charge in [0.2, 0.25) is 10.0 Å². The van der Waals surface area contributed by atoms with Gasteiger partial charge in [-0.1, -0.05) is 30.3 Å². The van der Waals surface area contributed by atoms with Gasteiger partial charge in [0.05, 0.1) is 0 Å². The molecule has 0 radical (unpaired) electrons. The minimum absolute atomic E-state index is 0.0698. The van der Waals surface area contributed by atoms with Crippen LogP contribution in [0, 0.1) is 0 Å². The fourth-order valence-electron chi connectivity index (χ4n) is 3.37. The Balaban J connectivity index is 1.59. The highest BCUT2D eigenvalue weighted by atomic mass is 32.2. The molecule has 0 saturated heterocycles. The van der Waals surface area contributed by atoms with Gasteiger partial charge in [0.15, 0.2) is 0 Å². The second-order valence-electron chi connectivity index (χ2n) is 6.66. The van der Waals surface area contributed by atoms with Gasteiger partial charge in [0, 0.05) is 23.7 Å². The van der Waals surface area contributed by atoms with Gasteiger partial charge in [0.1, 0.15) is 9.77 Å². The monoisotopic (exact) mass is 444 g/mol. The molecule has 2 aromatic carbocycles. The van der Waals surface area contributed by atoms with E-state index in [9.17, 15) is 13.2 Å². The Labute approximate surface area is 178 Å². The molecule has 0 fully saturated rings. The number of hydrogen-bond acceptors (Lipinski definition) is 5. The lowest BCUT2D eigenvalue weighted by molar-refractivity contribution is 0.102. The summed E-state index contributed by atoms with van der Waals surface area (Å²) in [6.45, 7) is 0.733. The molecule has 1 aliphatic heterocycles. The van der Waals surface area contributed by atoms with Gasteiger partial charge in [-0.2, -0.15) is 4.31 Å². The van der Waals surface area contributed by atoms with Crippen LogP contribution in [-0.2, 0) is 23.0 Å². The van der Waals surface area contributed by atoms with Crippen LogP contribution >= 0.6 is 23.1 Å². The number of fused-ring (bicyclic) bond motifs is 1. The predicted molar refractivity (Wildman–Crippen MR) is 118 cm³/mol.